The van der Waals surface area contributed by atoms with E-state index in [2.05, 4.69) is 65.9 Å². The molecule has 35 nitrogen and oxygen atoms in total. The van der Waals surface area contributed by atoms with Crippen LogP contribution in [0.15, 0.2) is 199 Å². The van der Waals surface area contributed by atoms with Gasteiger partial charge in [-0.25, -0.2) is 67.4 Å². The maximum Gasteiger partial charge on any atom is 1.00 e. The van der Waals surface area contributed by atoms with Gasteiger partial charge in [0.2, 0.25) is 0 Å². The molecule has 0 radical (unpaired) electrons. The number of ether oxygens (including phenoxy) is 2. The number of aliphatic hydroxyl groups is 3. The fraction of sp³-hybridized carbons (Fsp3) is 0.200. The fourth-order valence-corrected chi connectivity index (χ4v) is 12.3. The molecule has 3 aromatic carbocycles. The number of carbonyl (C=O) groups is 5. The topological polar surface area (TPSA) is 526 Å². The Hall–Kier alpha value is -10.4. The van der Waals surface area contributed by atoms with E-state index in [-0.39, 0.29) is 93.2 Å². The Morgan fingerprint density at radius 3 is 1.10 bits per heavy atom. The molecule has 1 unspecified atom stereocenters. The monoisotopic (exact) mass is 1740 g/mol. The number of hydrogen-bond donors (Lipinski definition) is 6. The molecule has 0 bridgehead atoms. The summed E-state index contributed by atoms with van der Waals surface area (Å²) in [6.07, 6.45) is 19.2. The zero-order chi connectivity index (χ0) is 81.8. The molecule has 0 saturated carbocycles. The molecule has 6 N–H and O–H groups in total. The Morgan fingerprint density at radius 2 is 0.805 bits per heavy atom. The first-order valence-corrected chi connectivity index (χ1v) is 41.4. The first-order chi connectivity index (χ1) is 53.0. The van der Waals surface area contributed by atoms with Crippen molar-refractivity contribution in [3.63, 3.8) is 0 Å². The molecular weight excluding hydrogens is 1670 g/mol. The van der Waals surface area contributed by atoms with Crippen LogP contribution in [0, 0.1) is 17.5 Å². The largest absolute Gasteiger partial charge is 1.00 e. The predicted octanol–water partition coefficient (Wildman–Crippen LogP) is -4.78. The van der Waals surface area contributed by atoms with Gasteiger partial charge in [0.1, 0.15) is 50.6 Å². The van der Waals surface area contributed by atoms with Crippen LogP contribution in [0.4, 0.5) is 13.2 Å². The van der Waals surface area contributed by atoms with Gasteiger partial charge in [0.15, 0.2) is 44.6 Å². The maximum absolute atomic E-state index is 13.3. The Bertz CT molecular complexity index is 5690. The minimum Gasteiger partial charge on any atom is -0.469 e. The van der Waals surface area contributed by atoms with Crippen LogP contribution in [0.2, 0.25) is 0 Å². The van der Waals surface area contributed by atoms with E-state index in [4.69, 9.17) is 23.6 Å². The normalized spacial score (nSPS) is 12.4. The summed E-state index contributed by atoms with van der Waals surface area (Å²) in [6.45, 7) is -0.724. The Kier molecular flexibility index (Phi) is 32.1. The van der Waals surface area contributed by atoms with Gasteiger partial charge in [-0.05, 0) is 132 Å². The summed E-state index contributed by atoms with van der Waals surface area (Å²) < 4.78 is 159. The molecule has 0 fully saturated rings. The van der Waals surface area contributed by atoms with Crippen LogP contribution in [-0.2, 0) is 48.6 Å². The number of carbonyl (C=O) groups excluding carboxylic acids is 5. The fourth-order valence-electron chi connectivity index (χ4n) is 10.5. The van der Waals surface area contributed by atoms with Gasteiger partial charge in [-0.2, -0.15) is 15.3 Å². The standard InChI is InChI=1S/C23H20FN5O5S.C23H22FN5O5S.C22H18FN5O4S.C2H6O2.IO4.Na/c1-34-22(30)10-19(14-7-8-26-21(9-14)35(2,32)33)28-23(31)18-11-25-13-20-17(18)12-27-29(20)16-5-3-15(24)4-6-16;1-35(33,34)22-8-14(6-7-26-22)20(9-17(31)13-30)28-23(32)19-10-25-12-21-18(19)11-27-29(21)16-4-2-15(24)3-5-16;1-33(31,32)21-10-14(6-8-25-21)19(7-9-29)27-22(30)18-11-24-13-20-17(18)12-26-28(20)16-4-2-15(23)3-5-16;1-4-2-3;2-1(3,4)5;/h3-9,11-13,19H,10H2,1-2H3,(H,28,31);2-8,10-12,17,20,30-31H,9,13H2,1H3,(H,28,32);2-6,8-13,19H,7H2,1H3,(H,27,30);3H,2H2,1H3;;/q;;;;-1;+1/t19-;17?,20-;19-;;;/m000.../s1. The summed E-state index contributed by atoms with van der Waals surface area (Å²) in [5, 5.41) is 49.1. The number of nitrogens with zero attached hydrogens (tertiary/aromatic N) is 12. The molecule has 0 saturated heterocycles. The van der Waals surface area contributed by atoms with Crippen molar-refractivity contribution in [2.45, 2.75) is 58.6 Å². The predicted molar refractivity (Wildman–Crippen MR) is 378 cm³/mol. The zero-order valence-corrected chi connectivity index (χ0v) is 66.7. The van der Waals surface area contributed by atoms with Crippen molar-refractivity contribution < 1.29 is 151 Å². The molecule has 43 heteroatoms. The van der Waals surface area contributed by atoms with E-state index < -0.39 is 116 Å². The second kappa shape index (κ2) is 40.3. The van der Waals surface area contributed by atoms with Crippen LogP contribution < -0.4 is 79.3 Å². The van der Waals surface area contributed by atoms with E-state index in [0.29, 0.717) is 72.7 Å². The maximum atomic E-state index is 13.3. The summed E-state index contributed by atoms with van der Waals surface area (Å²) in [4.78, 5) is 86.8. The van der Waals surface area contributed by atoms with E-state index in [1.165, 1.54) is 175 Å². The molecular formula is C70H66F3IN15NaO20S3. The third-order valence-electron chi connectivity index (χ3n) is 15.8. The van der Waals surface area contributed by atoms with Gasteiger partial charge in [-0.15, -0.1) is 0 Å². The van der Waals surface area contributed by atoms with Crippen molar-refractivity contribution in [2.75, 3.05) is 46.4 Å². The van der Waals surface area contributed by atoms with Crippen molar-refractivity contribution in [1.29, 1.82) is 0 Å². The third kappa shape index (κ3) is 25.0. The van der Waals surface area contributed by atoms with E-state index in [1.54, 1.807) is 36.4 Å². The minimum absolute atomic E-state index is 0. The van der Waals surface area contributed by atoms with Gasteiger partial charge in [0.05, 0.1) is 132 Å². The molecule has 12 aromatic rings. The number of pyridine rings is 6. The number of fused-ring (bicyclic) bond motifs is 3. The van der Waals surface area contributed by atoms with Crippen LogP contribution in [0.3, 0.4) is 0 Å². The molecule has 588 valence electrons. The van der Waals surface area contributed by atoms with Gasteiger partial charge in [-0.1, -0.05) is 0 Å². The number of esters is 1. The van der Waals surface area contributed by atoms with E-state index in [0.717, 1.165) is 18.8 Å². The molecule has 4 atom stereocenters. The number of aliphatic hydroxyl groups excluding tert-OH is 3. The van der Waals surface area contributed by atoms with Crippen molar-refractivity contribution in [3.8, 4) is 17.1 Å². The average molecular weight is 1740 g/mol. The zero-order valence-electron chi connectivity index (χ0n) is 60.1. The molecule has 9 aromatic heterocycles. The van der Waals surface area contributed by atoms with Crippen molar-refractivity contribution in [2.24, 2.45) is 0 Å². The van der Waals surface area contributed by atoms with E-state index in [1.807, 2.05) is 0 Å². The number of sulfone groups is 3. The SMILES string of the molecule is COC(=O)C[C@H](NC(=O)c1cncc2c1cnn2-c1ccc(F)cc1)c1ccnc(S(C)(=O)=O)c1.COCO.CS(=O)(=O)c1cc([C@H](CC(O)CO)NC(=O)c2cncc3c2cnn3-c2ccc(F)cc2)ccn1.CS(=O)(=O)c1cc([C@H](CC=O)NC(=O)c2cncc3c2cnn3-c2ccc(F)cc2)ccn1.[Na+].[O-][I+3]([O-])([O-])[O-]. The van der Waals surface area contributed by atoms with Crippen LogP contribution in [0.25, 0.3) is 49.8 Å². The minimum atomic E-state index is -5.94. The first kappa shape index (κ1) is 89.8. The number of hydrogen-bond acceptors (Lipinski definition) is 29. The van der Waals surface area contributed by atoms with Gasteiger partial charge in [0.25, 0.3) is 17.7 Å². The number of aldehydes is 1. The third-order valence-corrected chi connectivity index (χ3v) is 18.7. The van der Waals surface area contributed by atoms with E-state index in [9.17, 15) is 72.6 Å². The van der Waals surface area contributed by atoms with Gasteiger partial charge >= 0.3 is 35.5 Å². The summed E-state index contributed by atoms with van der Waals surface area (Å²) in [7, 11) is -8.15. The summed E-state index contributed by atoms with van der Waals surface area (Å²) in [5.74, 6) is -3.40. The van der Waals surface area contributed by atoms with Gasteiger partial charge in [0, 0.05) is 85.6 Å². The van der Waals surface area contributed by atoms with Crippen molar-refractivity contribution >= 4 is 92.2 Å². The summed E-state index contributed by atoms with van der Waals surface area (Å²) >= 11 is -5.94. The van der Waals surface area contributed by atoms with Gasteiger partial charge in [-0.3, -0.25) is 47.9 Å². The van der Waals surface area contributed by atoms with Crippen LogP contribution in [-0.4, -0.2) is 182 Å². The summed E-state index contributed by atoms with van der Waals surface area (Å²) in [6, 6.07) is 23.1. The second-order valence-corrected chi connectivity index (χ2v) is 31.7. The molecule has 12 rings (SSSR count). The molecule has 0 aliphatic carbocycles. The van der Waals surface area contributed by atoms with Crippen LogP contribution >= 0.6 is 0 Å². The number of methoxy groups -OCH3 is 2. The molecule has 3 amide bonds. The quantitative estimate of drug-likeness (QED) is 0.0115. The molecule has 113 heavy (non-hydrogen) atoms. The summed E-state index contributed by atoms with van der Waals surface area (Å²) in [5.41, 5.74) is 5.08. The first-order valence-electron chi connectivity index (χ1n) is 32.2. The average Bonchev–Trinajstić information content (AvgIpc) is 1.66. The van der Waals surface area contributed by atoms with Crippen LogP contribution in [0.5, 0.6) is 0 Å². The number of aromatic nitrogens is 12. The molecule has 0 aliphatic rings. The Morgan fingerprint density at radius 1 is 0.504 bits per heavy atom. The second-order valence-electron chi connectivity index (χ2n) is 23.7. The van der Waals surface area contributed by atoms with Crippen molar-refractivity contribution in [3.05, 3.63) is 234 Å². The number of benzene rings is 3. The number of nitrogens with one attached hydrogen (secondary N) is 3. The smallest absolute Gasteiger partial charge is 0.469 e. The van der Waals surface area contributed by atoms with Gasteiger partial charge < -0.3 is 45.5 Å². The van der Waals surface area contributed by atoms with Crippen molar-refractivity contribution in [1.82, 2.24) is 75.2 Å². The Balaban J connectivity index is 0.000000221. The van der Waals surface area contributed by atoms with E-state index >= 15 is 0 Å². The molecule has 9 heterocycles. The Labute approximate surface area is 669 Å². The molecule has 0 aliphatic heterocycles. The molecule has 0 spiro atoms. The number of halogens is 4. The van der Waals surface area contributed by atoms with Crippen LogP contribution in [0.1, 0.15) is 85.2 Å². The number of amides is 3. The number of rotatable bonds is 23.